The summed E-state index contributed by atoms with van der Waals surface area (Å²) < 4.78 is 4.98. The SMILES string of the molecule is CC(C)[C@H](C)NC(=O)COC(=O)c1ccc(N2CCCC2)c([N+](=O)[O-])c1. The minimum atomic E-state index is -0.756. The van der Waals surface area contributed by atoms with Gasteiger partial charge in [0.1, 0.15) is 5.69 Å². The van der Waals surface area contributed by atoms with Gasteiger partial charge in [-0.25, -0.2) is 4.79 Å². The Morgan fingerprint density at radius 3 is 2.50 bits per heavy atom. The number of nitro benzene ring substituents is 1. The van der Waals surface area contributed by atoms with Crippen LogP contribution in [0, 0.1) is 16.0 Å². The van der Waals surface area contributed by atoms with E-state index in [-0.39, 0.29) is 23.2 Å². The van der Waals surface area contributed by atoms with Crippen molar-refractivity contribution in [1.82, 2.24) is 5.32 Å². The number of nitrogens with one attached hydrogen (secondary N) is 1. The number of nitrogens with zero attached hydrogens (tertiary/aromatic N) is 2. The van der Waals surface area contributed by atoms with E-state index in [1.807, 2.05) is 25.7 Å². The number of rotatable bonds is 7. The summed E-state index contributed by atoms with van der Waals surface area (Å²) in [5.41, 5.74) is 0.441. The molecular formula is C18H25N3O5. The first-order chi connectivity index (χ1) is 12.3. The largest absolute Gasteiger partial charge is 0.452 e. The summed E-state index contributed by atoms with van der Waals surface area (Å²) in [7, 11) is 0. The zero-order valence-electron chi connectivity index (χ0n) is 15.4. The topological polar surface area (TPSA) is 102 Å². The summed E-state index contributed by atoms with van der Waals surface area (Å²) in [6, 6.07) is 4.24. The molecule has 0 aromatic heterocycles. The van der Waals surface area contributed by atoms with Crippen LogP contribution in [0.4, 0.5) is 11.4 Å². The molecule has 0 radical (unpaired) electrons. The lowest BCUT2D eigenvalue weighted by Crippen LogP contribution is -2.38. The number of esters is 1. The molecule has 2 rings (SSSR count). The number of nitro groups is 1. The lowest BCUT2D eigenvalue weighted by atomic mass is 10.1. The first-order valence-electron chi connectivity index (χ1n) is 8.79. The summed E-state index contributed by atoms with van der Waals surface area (Å²) in [6.45, 7) is 6.91. The molecule has 1 aromatic rings. The van der Waals surface area contributed by atoms with Crippen LogP contribution in [0.3, 0.4) is 0 Å². The summed E-state index contributed by atoms with van der Waals surface area (Å²) >= 11 is 0. The third-order valence-electron chi connectivity index (χ3n) is 4.58. The van der Waals surface area contributed by atoms with Gasteiger partial charge in [-0.1, -0.05) is 13.8 Å². The zero-order valence-corrected chi connectivity index (χ0v) is 15.4. The number of carbonyl (C=O) groups excluding carboxylic acids is 2. The van der Waals surface area contributed by atoms with E-state index in [2.05, 4.69) is 5.32 Å². The van der Waals surface area contributed by atoms with Crippen molar-refractivity contribution in [3.05, 3.63) is 33.9 Å². The predicted molar refractivity (Wildman–Crippen MR) is 97.3 cm³/mol. The molecule has 1 heterocycles. The minimum absolute atomic E-state index is 0.0398. The van der Waals surface area contributed by atoms with Crippen LogP contribution in [-0.2, 0) is 9.53 Å². The van der Waals surface area contributed by atoms with Gasteiger partial charge in [-0.3, -0.25) is 14.9 Å². The van der Waals surface area contributed by atoms with Crippen LogP contribution in [-0.4, -0.2) is 42.5 Å². The zero-order chi connectivity index (χ0) is 19.3. The van der Waals surface area contributed by atoms with Gasteiger partial charge in [0.25, 0.3) is 11.6 Å². The first-order valence-corrected chi connectivity index (χ1v) is 8.79. The Labute approximate surface area is 152 Å². The van der Waals surface area contributed by atoms with E-state index in [0.717, 1.165) is 25.9 Å². The maximum absolute atomic E-state index is 12.1. The number of benzene rings is 1. The van der Waals surface area contributed by atoms with Crippen LogP contribution in [0.2, 0.25) is 0 Å². The molecule has 1 atom stereocenters. The fourth-order valence-corrected chi connectivity index (χ4v) is 2.70. The molecule has 1 aliphatic rings. The molecule has 1 fully saturated rings. The Morgan fingerprint density at radius 2 is 1.92 bits per heavy atom. The lowest BCUT2D eigenvalue weighted by Gasteiger charge is -2.18. The van der Waals surface area contributed by atoms with Crippen molar-refractivity contribution in [2.45, 2.75) is 39.7 Å². The number of anilines is 1. The first kappa shape index (κ1) is 19.7. The Balaban J connectivity index is 2.03. The van der Waals surface area contributed by atoms with E-state index in [1.54, 1.807) is 6.07 Å². The Kier molecular flexibility index (Phi) is 6.54. The molecule has 0 unspecified atom stereocenters. The summed E-state index contributed by atoms with van der Waals surface area (Å²) in [5, 5.41) is 14.1. The van der Waals surface area contributed by atoms with E-state index in [4.69, 9.17) is 4.74 Å². The lowest BCUT2D eigenvalue weighted by molar-refractivity contribution is -0.384. The normalized spacial score (nSPS) is 15.0. The molecule has 1 amide bonds. The maximum atomic E-state index is 12.1. The van der Waals surface area contributed by atoms with Crippen LogP contribution < -0.4 is 10.2 Å². The molecule has 1 aromatic carbocycles. The van der Waals surface area contributed by atoms with Crippen molar-refractivity contribution < 1.29 is 19.2 Å². The second kappa shape index (κ2) is 8.64. The molecule has 0 aliphatic carbocycles. The van der Waals surface area contributed by atoms with Gasteiger partial charge in [-0.05, 0) is 37.8 Å². The van der Waals surface area contributed by atoms with Crippen molar-refractivity contribution >= 4 is 23.3 Å². The third-order valence-corrected chi connectivity index (χ3v) is 4.58. The van der Waals surface area contributed by atoms with E-state index in [0.29, 0.717) is 5.69 Å². The number of carbonyl (C=O) groups is 2. The molecule has 0 saturated carbocycles. The maximum Gasteiger partial charge on any atom is 0.338 e. The fraction of sp³-hybridized carbons (Fsp3) is 0.556. The van der Waals surface area contributed by atoms with Crippen molar-refractivity contribution in [3.63, 3.8) is 0 Å². The molecule has 0 bridgehead atoms. The highest BCUT2D eigenvalue weighted by Crippen LogP contribution is 2.31. The molecule has 26 heavy (non-hydrogen) atoms. The van der Waals surface area contributed by atoms with Crippen LogP contribution >= 0.6 is 0 Å². The standard InChI is InChI=1S/C18H25N3O5/c1-12(2)13(3)19-17(22)11-26-18(23)14-6-7-15(16(10-14)21(24)25)20-8-4-5-9-20/h6-7,10,12-13H,4-5,8-9,11H2,1-3H3,(H,19,22)/t13-/m0/s1. The van der Waals surface area contributed by atoms with Gasteiger partial charge in [0.15, 0.2) is 6.61 Å². The van der Waals surface area contributed by atoms with Crippen molar-refractivity contribution in [1.29, 1.82) is 0 Å². The third kappa shape index (κ3) is 4.93. The van der Waals surface area contributed by atoms with E-state index < -0.39 is 23.4 Å². The Hall–Kier alpha value is -2.64. The summed E-state index contributed by atoms with van der Waals surface area (Å²) in [6.07, 6.45) is 1.98. The number of hydrogen-bond acceptors (Lipinski definition) is 6. The summed E-state index contributed by atoms with van der Waals surface area (Å²) in [4.78, 5) is 36.7. The van der Waals surface area contributed by atoms with E-state index in [1.165, 1.54) is 12.1 Å². The van der Waals surface area contributed by atoms with Crippen molar-refractivity contribution in [2.75, 3.05) is 24.6 Å². The van der Waals surface area contributed by atoms with Crippen LogP contribution in [0.15, 0.2) is 18.2 Å². The van der Waals surface area contributed by atoms with Gasteiger partial charge >= 0.3 is 5.97 Å². The molecule has 0 spiro atoms. The smallest absolute Gasteiger partial charge is 0.338 e. The van der Waals surface area contributed by atoms with Gasteiger partial charge in [0.2, 0.25) is 0 Å². The van der Waals surface area contributed by atoms with Crippen molar-refractivity contribution in [3.8, 4) is 0 Å². The van der Waals surface area contributed by atoms with Crippen LogP contribution in [0.25, 0.3) is 0 Å². The highest BCUT2D eigenvalue weighted by atomic mass is 16.6. The molecule has 142 valence electrons. The number of ether oxygens (including phenoxy) is 1. The van der Waals surface area contributed by atoms with Gasteiger partial charge in [0, 0.05) is 25.2 Å². The molecule has 1 saturated heterocycles. The second-order valence-electron chi connectivity index (χ2n) is 6.83. The van der Waals surface area contributed by atoms with Crippen LogP contribution in [0.1, 0.15) is 44.0 Å². The number of hydrogen-bond donors (Lipinski definition) is 1. The van der Waals surface area contributed by atoms with Gasteiger partial charge in [0.05, 0.1) is 10.5 Å². The Morgan fingerprint density at radius 1 is 1.27 bits per heavy atom. The summed E-state index contributed by atoms with van der Waals surface area (Å²) in [5.74, 6) is -0.897. The highest BCUT2D eigenvalue weighted by Gasteiger charge is 2.24. The van der Waals surface area contributed by atoms with Gasteiger partial charge in [-0.15, -0.1) is 0 Å². The monoisotopic (exact) mass is 363 g/mol. The fourth-order valence-electron chi connectivity index (χ4n) is 2.70. The highest BCUT2D eigenvalue weighted by molar-refractivity contribution is 5.93. The van der Waals surface area contributed by atoms with Gasteiger partial charge < -0.3 is 15.0 Å². The average Bonchev–Trinajstić information content (AvgIpc) is 3.13. The quantitative estimate of drug-likeness (QED) is 0.454. The van der Waals surface area contributed by atoms with Crippen LogP contribution in [0.5, 0.6) is 0 Å². The molecule has 8 nitrogen and oxygen atoms in total. The average molecular weight is 363 g/mol. The molecule has 8 heteroatoms. The molecular weight excluding hydrogens is 338 g/mol. The molecule has 1 aliphatic heterocycles. The van der Waals surface area contributed by atoms with E-state index in [9.17, 15) is 19.7 Å². The Bertz CT molecular complexity index is 683. The predicted octanol–water partition coefficient (Wildman–Crippen LogP) is 2.51. The van der Waals surface area contributed by atoms with E-state index >= 15 is 0 Å². The van der Waals surface area contributed by atoms with Gasteiger partial charge in [-0.2, -0.15) is 0 Å². The number of amides is 1. The minimum Gasteiger partial charge on any atom is -0.452 e. The second-order valence-corrected chi connectivity index (χ2v) is 6.83. The molecule has 1 N–H and O–H groups in total. The van der Waals surface area contributed by atoms with Crippen molar-refractivity contribution in [2.24, 2.45) is 5.92 Å².